The van der Waals surface area contributed by atoms with Crippen molar-refractivity contribution in [2.45, 2.75) is 80.1 Å². The fourth-order valence-electron chi connectivity index (χ4n) is 3.97. The standard InChI is InChI=1S/C26H36N2O6S2/c1-7-17-15(5)35-23(21(17)25(31)33-9-3)27-19(29)13-11-12-14-20(30)28-24-22(26(32)34-10-4)18(8-2)16(6)36-24/h7-14H2,1-6H3,(H,27,29)(H,28,30). The molecule has 198 valence electrons. The summed E-state index contributed by atoms with van der Waals surface area (Å²) in [5, 5.41) is 6.72. The average molecular weight is 537 g/mol. The number of carbonyl (C=O) groups excluding carboxylic acids is 4. The summed E-state index contributed by atoms with van der Waals surface area (Å²) < 4.78 is 10.4. The van der Waals surface area contributed by atoms with E-state index in [1.807, 2.05) is 27.7 Å². The van der Waals surface area contributed by atoms with Crippen LogP contribution < -0.4 is 10.6 Å². The average Bonchev–Trinajstić information content (AvgIpc) is 3.31. The van der Waals surface area contributed by atoms with Crippen LogP contribution in [0.1, 0.15) is 95.0 Å². The molecule has 0 saturated carbocycles. The Morgan fingerprint density at radius 3 is 1.33 bits per heavy atom. The Morgan fingerprint density at radius 1 is 0.667 bits per heavy atom. The lowest BCUT2D eigenvalue weighted by molar-refractivity contribution is -0.118. The molecule has 0 fully saturated rings. The highest BCUT2D eigenvalue weighted by atomic mass is 32.1. The van der Waals surface area contributed by atoms with Gasteiger partial charge in [-0.15, -0.1) is 22.7 Å². The Morgan fingerprint density at radius 2 is 1.03 bits per heavy atom. The van der Waals surface area contributed by atoms with E-state index >= 15 is 0 Å². The Labute approximate surface area is 220 Å². The third-order valence-electron chi connectivity index (χ3n) is 5.65. The predicted octanol–water partition coefficient (Wildman–Crippen LogP) is 6.04. The fraction of sp³-hybridized carbons (Fsp3) is 0.538. The molecule has 0 radical (unpaired) electrons. The Kier molecular flexibility index (Phi) is 11.6. The van der Waals surface area contributed by atoms with Crippen LogP contribution in [0.2, 0.25) is 0 Å². The molecule has 0 saturated heterocycles. The topological polar surface area (TPSA) is 111 Å². The first-order valence-corrected chi connectivity index (χ1v) is 14.0. The lowest BCUT2D eigenvalue weighted by Gasteiger charge is -2.09. The molecule has 36 heavy (non-hydrogen) atoms. The predicted molar refractivity (Wildman–Crippen MR) is 145 cm³/mol. The second-order valence-electron chi connectivity index (χ2n) is 8.13. The minimum Gasteiger partial charge on any atom is -0.462 e. The molecule has 2 aromatic rings. The summed E-state index contributed by atoms with van der Waals surface area (Å²) in [7, 11) is 0. The van der Waals surface area contributed by atoms with Crippen LogP contribution in [0.15, 0.2) is 0 Å². The van der Waals surface area contributed by atoms with Crippen molar-refractivity contribution < 1.29 is 28.7 Å². The van der Waals surface area contributed by atoms with Crippen molar-refractivity contribution in [1.29, 1.82) is 0 Å². The maximum absolute atomic E-state index is 12.5. The zero-order valence-corrected chi connectivity index (χ0v) is 23.6. The van der Waals surface area contributed by atoms with Gasteiger partial charge in [0.25, 0.3) is 0 Å². The van der Waals surface area contributed by atoms with Gasteiger partial charge in [-0.05, 0) is 64.5 Å². The summed E-state index contributed by atoms with van der Waals surface area (Å²) in [5.41, 5.74) is 2.65. The van der Waals surface area contributed by atoms with Crippen LogP contribution in [0.25, 0.3) is 0 Å². The van der Waals surface area contributed by atoms with Crippen LogP contribution in [0.5, 0.6) is 0 Å². The molecule has 0 aromatic carbocycles. The van der Waals surface area contributed by atoms with Gasteiger partial charge in [0.15, 0.2) is 0 Å². The Hall–Kier alpha value is -2.72. The number of thiophene rings is 2. The monoisotopic (exact) mass is 536 g/mol. The largest absolute Gasteiger partial charge is 0.462 e. The van der Waals surface area contributed by atoms with E-state index in [4.69, 9.17) is 9.47 Å². The lowest BCUT2D eigenvalue weighted by atomic mass is 10.1. The van der Waals surface area contributed by atoms with E-state index in [2.05, 4.69) is 10.6 Å². The first-order valence-electron chi connectivity index (χ1n) is 12.4. The number of unbranched alkanes of at least 4 members (excludes halogenated alkanes) is 1. The van der Waals surface area contributed by atoms with Crippen molar-refractivity contribution in [3.8, 4) is 0 Å². The fourth-order valence-corrected chi connectivity index (χ4v) is 6.27. The number of hydrogen-bond acceptors (Lipinski definition) is 8. The number of aryl methyl sites for hydroxylation is 2. The number of carbonyl (C=O) groups is 4. The second-order valence-corrected chi connectivity index (χ2v) is 10.6. The van der Waals surface area contributed by atoms with Gasteiger partial charge in [-0.25, -0.2) is 9.59 Å². The van der Waals surface area contributed by atoms with E-state index < -0.39 is 11.9 Å². The number of nitrogens with one attached hydrogen (secondary N) is 2. The van der Waals surface area contributed by atoms with Gasteiger partial charge < -0.3 is 20.1 Å². The van der Waals surface area contributed by atoms with Crippen LogP contribution in [-0.4, -0.2) is 37.0 Å². The van der Waals surface area contributed by atoms with Crippen molar-refractivity contribution in [3.63, 3.8) is 0 Å². The molecule has 0 bridgehead atoms. The summed E-state index contributed by atoms with van der Waals surface area (Å²) in [4.78, 5) is 51.9. The summed E-state index contributed by atoms with van der Waals surface area (Å²) >= 11 is 2.74. The summed E-state index contributed by atoms with van der Waals surface area (Å²) in [6.45, 7) is 11.8. The van der Waals surface area contributed by atoms with E-state index in [1.54, 1.807) is 13.8 Å². The van der Waals surface area contributed by atoms with Gasteiger partial charge in [-0.2, -0.15) is 0 Å². The van der Waals surface area contributed by atoms with Crippen LogP contribution in [0.4, 0.5) is 10.0 Å². The number of amides is 2. The SMILES string of the molecule is CCOC(=O)c1c(NC(=O)CCCCC(=O)Nc2sc(C)c(CC)c2C(=O)OCC)sc(C)c1CC. The highest BCUT2D eigenvalue weighted by Crippen LogP contribution is 2.35. The van der Waals surface area contributed by atoms with Crippen molar-refractivity contribution >= 4 is 56.4 Å². The van der Waals surface area contributed by atoms with Crippen LogP contribution in [0.3, 0.4) is 0 Å². The second kappa shape index (κ2) is 14.1. The number of esters is 2. The molecule has 0 unspecified atom stereocenters. The van der Waals surface area contributed by atoms with Crippen molar-refractivity contribution in [1.82, 2.24) is 0 Å². The van der Waals surface area contributed by atoms with E-state index in [0.717, 1.165) is 20.9 Å². The van der Waals surface area contributed by atoms with Crippen LogP contribution in [0, 0.1) is 13.8 Å². The normalized spacial score (nSPS) is 10.7. The molecular formula is C26H36N2O6S2. The molecule has 0 atom stereocenters. The van der Waals surface area contributed by atoms with Crippen molar-refractivity contribution in [2.24, 2.45) is 0 Å². The highest BCUT2D eigenvalue weighted by molar-refractivity contribution is 7.17. The number of hydrogen-bond donors (Lipinski definition) is 2. The van der Waals surface area contributed by atoms with Gasteiger partial charge in [0.2, 0.25) is 11.8 Å². The molecule has 2 aromatic heterocycles. The molecule has 0 aliphatic heterocycles. The number of rotatable bonds is 13. The maximum Gasteiger partial charge on any atom is 0.341 e. The van der Waals surface area contributed by atoms with Gasteiger partial charge in [0.05, 0.1) is 24.3 Å². The lowest BCUT2D eigenvalue weighted by Crippen LogP contribution is -2.16. The molecular weight excluding hydrogens is 500 g/mol. The Balaban J connectivity index is 1.92. The van der Waals surface area contributed by atoms with Gasteiger partial charge in [-0.3, -0.25) is 9.59 Å². The molecule has 0 spiro atoms. The minimum atomic E-state index is -0.428. The molecule has 2 rings (SSSR count). The van der Waals surface area contributed by atoms with Gasteiger partial charge in [0, 0.05) is 22.6 Å². The zero-order valence-electron chi connectivity index (χ0n) is 21.9. The molecule has 10 heteroatoms. The van der Waals surface area contributed by atoms with Gasteiger partial charge in [-0.1, -0.05) is 13.8 Å². The van der Waals surface area contributed by atoms with Gasteiger partial charge in [0.1, 0.15) is 10.0 Å². The third-order valence-corrected chi connectivity index (χ3v) is 7.77. The summed E-state index contributed by atoms with van der Waals surface area (Å²) in [6.07, 6.45) is 2.80. The molecule has 2 N–H and O–H groups in total. The van der Waals surface area contributed by atoms with Crippen molar-refractivity contribution in [3.05, 3.63) is 32.0 Å². The van der Waals surface area contributed by atoms with Gasteiger partial charge >= 0.3 is 11.9 Å². The molecule has 8 nitrogen and oxygen atoms in total. The molecule has 0 aliphatic carbocycles. The van der Waals surface area contributed by atoms with E-state index in [1.165, 1.54) is 22.7 Å². The van der Waals surface area contributed by atoms with Crippen LogP contribution in [-0.2, 0) is 31.9 Å². The Bertz CT molecular complexity index is 1020. The number of ether oxygens (including phenoxy) is 2. The molecule has 0 aliphatic rings. The molecule has 2 heterocycles. The first kappa shape index (κ1) is 29.5. The smallest absolute Gasteiger partial charge is 0.341 e. The first-order chi connectivity index (χ1) is 17.2. The van der Waals surface area contributed by atoms with E-state index in [0.29, 0.717) is 46.8 Å². The summed E-state index contributed by atoms with van der Waals surface area (Å²) in [6, 6.07) is 0. The maximum atomic E-state index is 12.5. The minimum absolute atomic E-state index is 0.212. The van der Waals surface area contributed by atoms with E-state index in [9.17, 15) is 19.2 Å². The number of anilines is 2. The highest BCUT2D eigenvalue weighted by Gasteiger charge is 2.24. The van der Waals surface area contributed by atoms with E-state index in [-0.39, 0.29) is 37.9 Å². The zero-order chi connectivity index (χ0) is 26.8. The third kappa shape index (κ3) is 7.39. The van der Waals surface area contributed by atoms with Crippen LogP contribution >= 0.6 is 22.7 Å². The summed E-state index contributed by atoms with van der Waals surface area (Å²) in [5.74, 6) is -1.28. The molecule has 2 amide bonds. The quantitative estimate of drug-likeness (QED) is 0.238. The van der Waals surface area contributed by atoms with Crippen molar-refractivity contribution in [2.75, 3.05) is 23.8 Å².